The van der Waals surface area contributed by atoms with E-state index in [1.807, 2.05) is 31.2 Å². The topological polar surface area (TPSA) is 70.7 Å². The molecule has 21 heavy (non-hydrogen) atoms. The number of likely N-dealkylation sites (N-methyl/N-ethyl adjacent to an activating group) is 1. The molecule has 0 bridgehead atoms. The van der Waals surface area contributed by atoms with Gasteiger partial charge in [0.25, 0.3) is 0 Å². The molecule has 3 amide bonds. The molecule has 0 fully saturated rings. The smallest absolute Gasteiger partial charge is 0.321 e. The van der Waals surface area contributed by atoms with Crippen LogP contribution in [0.1, 0.15) is 12.5 Å². The highest BCUT2D eigenvalue weighted by Crippen LogP contribution is 2.11. The number of amides is 3. The van der Waals surface area contributed by atoms with Gasteiger partial charge in [0, 0.05) is 13.1 Å². The third-order valence-corrected chi connectivity index (χ3v) is 2.74. The van der Waals surface area contributed by atoms with Gasteiger partial charge in [-0.15, -0.1) is 0 Å². The van der Waals surface area contributed by atoms with Crippen LogP contribution in [-0.4, -0.2) is 50.1 Å². The maximum absolute atomic E-state index is 11.6. The molecule has 6 heteroatoms. The molecule has 0 saturated carbocycles. The third kappa shape index (κ3) is 7.31. The van der Waals surface area contributed by atoms with Crippen LogP contribution < -0.4 is 15.4 Å². The first-order valence-corrected chi connectivity index (χ1v) is 6.97. The summed E-state index contributed by atoms with van der Waals surface area (Å²) in [4.78, 5) is 24.5. The molecular formula is C15H23N3O3. The van der Waals surface area contributed by atoms with E-state index in [0.717, 1.165) is 11.3 Å². The highest BCUT2D eigenvalue weighted by atomic mass is 16.5. The van der Waals surface area contributed by atoms with Crippen LogP contribution in [0.25, 0.3) is 0 Å². The first-order chi connectivity index (χ1) is 10.0. The molecule has 116 valence electrons. The number of urea groups is 1. The SMILES string of the molecule is CCNC(=O)NC(=O)CN(C)CCOc1cccc(C)c1. The number of aryl methyl sites for hydroxylation is 1. The van der Waals surface area contributed by atoms with Crippen LogP contribution >= 0.6 is 0 Å². The molecule has 0 atom stereocenters. The van der Waals surface area contributed by atoms with E-state index < -0.39 is 6.03 Å². The van der Waals surface area contributed by atoms with Crippen molar-refractivity contribution in [1.29, 1.82) is 0 Å². The zero-order chi connectivity index (χ0) is 15.7. The number of ether oxygens (including phenoxy) is 1. The van der Waals surface area contributed by atoms with Gasteiger partial charge < -0.3 is 10.1 Å². The van der Waals surface area contributed by atoms with E-state index in [1.165, 1.54) is 0 Å². The standard InChI is InChI=1S/C15H23N3O3/c1-4-16-15(20)17-14(19)11-18(3)8-9-21-13-7-5-6-12(2)10-13/h5-7,10H,4,8-9,11H2,1-3H3,(H2,16,17,19,20). The van der Waals surface area contributed by atoms with Crippen LogP contribution in [0.5, 0.6) is 5.75 Å². The summed E-state index contributed by atoms with van der Waals surface area (Å²) >= 11 is 0. The van der Waals surface area contributed by atoms with Crippen molar-refractivity contribution < 1.29 is 14.3 Å². The fourth-order valence-electron chi connectivity index (χ4n) is 1.72. The highest BCUT2D eigenvalue weighted by molar-refractivity contribution is 5.95. The summed E-state index contributed by atoms with van der Waals surface area (Å²) in [5.41, 5.74) is 1.14. The van der Waals surface area contributed by atoms with Crippen molar-refractivity contribution in [2.75, 3.05) is 33.3 Å². The summed E-state index contributed by atoms with van der Waals surface area (Å²) in [5.74, 6) is 0.481. The van der Waals surface area contributed by atoms with E-state index in [-0.39, 0.29) is 12.5 Å². The number of nitrogens with zero attached hydrogens (tertiary/aromatic N) is 1. The number of carbonyl (C=O) groups is 2. The Kier molecular flexibility index (Phi) is 7.25. The maximum atomic E-state index is 11.6. The fourth-order valence-corrected chi connectivity index (χ4v) is 1.72. The largest absolute Gasteiger partial charge is 0.492 e. The average molecular weight is 293 g/mol. The molecule has 6 nitrogen and oxygen atoms in total. The second-order valence-electron chi connectivity index (χ2n) is 4.81. The Morgan fingerprint density at radius 2 is 2.10 bits per heavy atom. The van der Waals surface area contributed by atoms with Crippen LogP contribution in [0.4, 0.5) is 4.79 Å². The summed E-state index contributed by atoms with van der Waals surface area (Å²) in [7, 11) is 1.80. The molecule has 0 spiro atoms. The van der Waals surface area contributed by atoms with Crippen LogP contribution in [-0.2, 0) is 4.79 Å². The number of hydrogen-bond donors (Lipinski definition) is 2. The van der Waals surface area contributed by atoms with Crippen LogP contribution in [0.3, 0.4) is 0 Å². The van der Waals surface area contributed by atoms with E-state index >= 15 is 0 Å². The summed E-state index contributed by atoms with van der Waals surface area (Å²) in [6.45, 7) is 5.50. The molecule has 0 aliphatic rings. The molecule has 0 saturated heterocycles. The first kappa shape index (κ1) is 17.0. The summed E-state index contributed by atoms with van der Waals surface area (Å²) in [6.07, 6.45) is 0. The lowest BCUT2D eigenvalue weighted by molar-refractivity contribution is -0.120. The maximum Gasteiger partial charge on any atom is 0.321 e. The Labute approximate surface area is 125 Å². The van der Waals surface area contributed by atoms with Crippen molar-refractivity contribution in [1.82, 2.24) is 15.5 Å². The molecule has 1 rings (SSSR count). The van der Waals surface area contributed by atoms with Crippen molar-refractivity contribution >= 4 is 11.9 Å². The number of hydrogen-bond acceptors (Lipinski definition) is 4. The van der Waals surface area contributed by atoms with Gasteiger partial charge in [-0.2, -0.15) is 0 Å². The van der Waals surface area contributed by atoms with Gasteiger partial charge in [-0.3, -0.25) is 15.0 Å². The second kappa shape index (κ2) is 8.97. The van der Waals surface area contributed by atoms with Gasteiger partial charge in [0.2, 0.25) is 5.91 Å². The molecular weight excluding hydrogens is 270 g/mol. The van der Waals surface area contributed by atoms with Crippen LogP contribution in [0.2, 0.25) is 0 Å². The second-order valence-corrected chi connectivity index (χ2v) is 4.81. The minimum absolute atomic E-state index is 0.147. The molecule has 0 aliphatic heterocycles. The number of nitrogens with one attached hydrogen (secondary N) is 2. The Balaban J connectivity index is 2.23. The average Bonchev–Trinajstić information content (AvgIpc) is 2.38. The molecule has 2 N–H and O–H groups in total. The van der Waals surface area contributed by atoms with E-state index in [9.17, 15) is 9.59 Å². The van der Waals surface area contributed by atoms with Crippen molar-refractivity contribution in [2.45, 2.75) is 13.8 Å². The molecule has 0 heterocycles. The van der Waals surface area contributed by atoms with Gasteiger partial charge in [0.1, 0.15) is 12.4 Å². The molecule has 1 aromatic carbocycles. The van der Waals surface area contributed by atoms with Gasteiger partial charge in [-0.25, -0.2) is 4.79 Å². The minimum Gasteiger partial charge on any atom is -0.492 e. The van der Waals surface area contributed by atoms with Gasteiger partial charge in [0.05, 0.1) is 6.54 Å². The minimum atomic E-state index is -0.466. The zero-order valence-electron chi connectivity index (χ0n) is 12.8. The number of benzene rings is 1. The quantitative estimate of drug-likeness (QED) is 0.791. The van der Waals surface area contributed by atoms with Gasteiger partial charge >= 0.3 is 6.03 Å². The lowest BCUT2D eigenvalue weighted by Gasteiger charge is -2.16. The van der Waals surface area contributed by atoms with Crippen molar-refractivity contribution in [3.63, 3.8) is 0 Å². The number of imide groups is 1. The Morgan fingerprint density at radius 3 is 2.76 bits per heavy atom. The lowest BCUT2D eigenvalue weighted by Crippen LogP contribution is -2.44. The van der Waals surface area contributed by atoms with E-state index in [1.54, 1.807) is 18.9 Å². The normalized spacial score (nSPS) is 10.3. The van der Waals surface area contributed by atoms with Crippen LogP contribution in [0, 0.1) is 6.92 Å². The predicted octanol–water partition coefficient (Wildman–Crippen LogP) is 1.15. The molecule has 1 aromatic rings. The Hall–Kier alpha value is -2.08. The predicted molar refractivity (Wildman–Crippen MR) is 81.4 cm³/mol. The number of carbonyl (C=O) groups excluding carboxylic acids is 2. The van der Waals surface area contributed by atoms with Crippen LogP contribution in [0.15, 0.2) is 24.3 Å². The first-order valence-electron chi connectivity index (χ1n) is 6.97. The Bertz CT molecular complexity index is 477. The van der Waals surface area contributed by atoms with Crippen molar-refractivity contribution in [2.24, 2.45) is 0 Å². The summed E-state index contributed by atoms with van der Waals surface area (Å²) < 4.78 is 5.61. The van der Waals surface area contributed by atoms with Gasteiger partial charge in [0.15, 0.2) is 0 Å². The van der Waals surface area contributed by atoms with E-state index in [2.05, 4.69) is 10.6 Å². The highest BCUT2D eigenvalue weighted by Gasteiger charge is 2.09. The zero-order valence-corrected chi connectivity index (χ0v) is 12.8. The monoisotopic (exact) mass is 293 g/mol. The van der Waals surface area contributed by atoms with E-state index in [4.69, 9.17) is 4.74 Å². The van der Waals surface area contributed by atoms with Gasteiger partial charge in [-0.1, -0.05) is 12.1 Å². The van der Waals surface area contributed by atoms with Crippen molar-refractivity contribution in [3.8, 4) is 5.75 Å². The Morgan fingerprint density at radius 1 is 1.33 bits per heavy atom. The van der Waals surface area contributed by atoms with Crippen molar-refractivity contribution in [3.05, 3.63) is 29.8 Å². The summed E-state index contributed by atoms with van der Waals surface area (Å²) in [6, 6.07) is 7.34. The molecule has 0 unspecified atom stereocenters. The van der Waals surface area contributed by atoms with E-state index in [0.29, 0.717) is 19.7 Å². The fraction of sp³-hybridized carbons (Fsp3) is 0.467. The molecule has 0 radical (unpaired) electrons. The lowest BCUT2D eigenvalue weighted by atomic mass is 10.2. The molecule has 0 aromatic heterocycles. The third-order valence-electron chi connectivity index (χ3n) is 2.74. The number of rotatable bonds is 7. The van der Waals surface area contributed by atoms with Gasteiger partial charge in [-0.05, 0) is 38.6 Å². The summed E-state index contributed by atoms with van der Waals surface area (Å²) in [5, 5.41) is 4.76. The molecule has 0 aliphatic carbocycles.